The van der Waals surface area contributed by atoms with E-state index in [9.17, 15) is 4.79 Å². The Hall–Kier alpha value is -0.610. The van der Waals surface area contributed by atoms with Crippen molar-refractivity contribution in [2.45, 2.75) is 38.9 Å². The Bertz CT molecular complexity index is 200. The number of carbonyl (C=O) groups excluding carboxylic acids is 1. The maximum absolute atomic E-state index is 11.2. The maximum atomic E-state index is 11.2. The van der Waals surface area contributed by atoms with E-state index in [1.54, 1.807) is 6.92 Å². The summed E-state index contributed by atoms with van der Waals surface area (Å²) in [6, 6.07) is 0. The van der Waals surface area contributed by atoms with Crippen LogP contribution in [-0.2, 0) is 19.0 Å². The molecule has 0 aromatic heterocycles. The molecule has 1 rings (SSSR count). The standard InChI is InChI=1S/C10H18O4/c1-4-13-9(11)5-8-6-12-7-10(2,3)14-8/h8H,4-7H2,1-3H3. The van der Waals surface area contributed by atoms with Crippen LogP contribution in [0.15, 0.2) is 0 Å². The second-order valence-electron chi connectivity index (χ2n) is 4.02. The van der Waals surface area contributed by atoms with E-state index in [4.69, 9.17) is 14.2 Å². The minimum Gasteiger partial charge on any atom is -0.466 e. The van der Waals surface area contributed by atoms with Gasteiger partial charge in [0.1, 0.15) is 0 Å². The van der Waals surface area contributed by atoms with Gasteiger partial charge in [-0.25, -0.2) is 0 Å². The van der Waals surface area contributed by atoms with Gasteiger partial charge < -0.3 is 14.2 Å². The van der Waals surface area contributed by atoms with Gasteiger partial charge in [-0.15, -0.1) is 0 Å². The predicted octanol–water partition coefficient (Wildman–Crippen LogP) is 1.13. The van der Waals surface area contributed by atoms with Crippen LogP contribution in [0.4, 0.5) is 0 Å². The molecular formula is C10H18O4. The molecule has 1 heterocycles. The van der Waals surface area contributed by atoms with E-state index < -0.39 is 0 Å². The van der Waals surface area contributed by atoms with Crippen LogP contribution < -0.4 is 0 Å². The van der Waals surface area contributed by atoms with Crippen molar-refractivity contribution in [1.29, 1.82) is 0 Å². The summed E-state index contributed by atoms with van der Waals surface area (Å²) in [7, 11) is 0. The summed E-state index contributed by atoms with van der Waals surface area (Å²) in [5.41, 5.74) is -0.296. The summed E-state index contributed by atoms with van der Waals surface area (Å²) in [5, 5.41) is 0. The zero-order valence-electron chi connectivity index (χ0n) is 9.04. The molecule has 0 radical (unpaired) electrons. The van der Waals surface area contributed by atoms with E-state index in [1.165, 1.54) is 0 Å². The molecule has 1 aliphatic heterocycles. The largest absolute Gasteiger partial charge is 0.466 e. The van der Waals surface area contributed by atoms with Crippen LogP contribution in [0.25, 0.3) is 0 Å². The zero-order chi connectivity index (χ0) is 10.6. The topological polar surface area (TPSA) is 44.8 Å². The number of esters is 1. The summed E-state index contributed by atoms with van der Waals surface area (Å²) < 4.78 is 15.8. The van der Waals surface area contributed by atoms with Crippen molar-refractivity contribution >= 4 is 5.97 Å². The van der Waals surface area contributed by atoms with Crippen molar-refractivity contribution in [2.24, 2.45) is 0 Å². The average Bonchev–Trinajstić information content (AvgIpc) is 2.02. The molecule has 0 spiro atoms. The third kappa shape index (κ3) is 3.64. The Morgan fingerprint density at radius 3 is 2.86 bits per heavy atom. The molecule has 1 fully saturated rings. The fraction of sp³-hybridized carbons (Fsp3) is 0.900. The molecule has 4 nitrogen and oxygen atoms in total. The van der Waals surface area contributed by atoms with E-state index in [-0.39, 0.29) is 24.1 Å². The molecule has 0 aromatic carbocycles. The summed E-state index contributed by atoms with van der Waals surface area (Å²) >= 11 is 0. The van der Waals surface area contributed by atoms with E-state index in [0.717, 1.165) is 0 Å². The first-order valence-electron chi connectivity index (χ1n) is 4.94. The fourth-order valence-electron chi connectivity index (χ4n) is 1.46. The molecule has 4 heteroatoms. The monoisotopic (exact) mass is 202 g/mol. The van der Waals surface area contributed by atoms with E-state index >= 15 is 0 Å². The lowest BCUT2D eigenvalue weighted by atomic mass is 10.1. The number of hydrogen-bond acceptors (Lipinski definition) is 4. The SMILES string of the molecule is CCOC(=O)CC1COCC(C)(C)O1. The summed E-state index contributed by atoms with van der Waals surface area (Å²) in [5.74, 6) is -0.223. The Morgan fingerprint density at radius 2 is 2.29 bits per heavy atom. The maximum Gasteiger partial charge on any atom is 0.308 e. The van der Waals surface area contributed by atoms with E-state index in [2.05, 4.69) is 0 Å². The minimum absolute atomic E-state index is 0.169. The molecule has 82 valence electrons. The van der Waals surface area contributed by atoms with Gasteiger partial charge in [-0.3, -0.25) is 4.79 Å². The third-order valence-corrected chi connectivity index (χ3v) is 1.94. The van der Waals surface area contributed by atoms with Gasteiger partial charge in [-0.05, 0) is 20.8 Å². The molecule has 1 unspecified atom stereocenters. The highest BCUT2D eigenvalue weighted by Crippen LogP contribution is 2.20. The van der Waals surface area contributed by atoms with Crippen LogP contribution in [0.5, 0.6) is 0 Å². The van der Waals surface area contributed by atoms with Gasteiger partial charge in [0.2, 0.25) is 0 Å². The molecule has 0 aliphatic carbocycles. The third-order valence-electron chi connectivity index (χ3n) is 1.94. The number of hydrogen-bond donors (Lipinski definition) is 0. The Balaban J connectivity index is 2.34. The molecule has 0 amide bonds. The molecule has 1 aliphatic rings. The van der Waals surface area contributed by atoms with Crippen LogP contribution in [-0.4, -0.2) is 37.5 Å². The number of ether oxygens (including phenoxy) is 3. The highest BCUT2D eigenvalue weighted by Gasteiger charge is 2.30. The first-order chi connectivity index (χ1) is 6.53. The Labute approximate surface area is 84.5 Å². The van der Waals surface area contributed by atoms with E-state index in [0.29, 0.717) is 19.8 Å². The summed E-state index contributed by atoms with van der Waals surface area (Å²) in [4.78, 5) is 11.2. The molecule has 0 aromatic rings. The van der Waals surface area contributed by atoms with Crippen LogP contribution >= 0.6 is 0 Å². The second-order valence-corrected chi connectivity index (χ2v) is 4.02. The zero-order valence-corrected chi connectivity index (χ0v) is 9.04. The lowest BCUT2D eigenvalue weighted by molar-refractivity contribution is -0.190. The Kier molecular flexibility index (Phi) is 3.89. The van der Waals surface area contributed by atoms with Gasteiger partial charge in [-0.1, -0.05) is 0 Å². The highest BCUT2D eigenvalue weighted by molar-refractivity contribution is 5.69. The van der Waals surface area contributed by atoms with Crippen LogP contribution in [0.1, 0.15) is 27.2 Å². The number of carbonyl (C=O) groups is 1. The van der Waals surface area contributed by atoms with Crippen LogP contribution in [0.3, 0.4) is 0 Å². The first-order valence-corrected chi connectivity index (χ1v) is 4.94. The van der Waals surface area contributed by atoms with Gasteiger partial charge in [0.05, 0.1) is 37.9 Å². The van der Waals surface area contributed by atoms with Crippen molar-refractivity contribution < 1.29 is 19.0 Å². The fourth-order valence-corrected chi connectivity index (χ4v) is 1.46. The van der Waals surface area contributed by atoms with Crippen molar-refractivity contribution in [3.63, 3.8) is 0 Å². The molecular weight excluding hydrogens is 184 g/mol. The molecule has 14 heavy (non-hydrogen) atoms. The predicted molar refractivity (Wildman–Crippen MR) is 51.0 cm³/mol. The lowest BCUT2D eigenvalue weighted by Gasteiger charge is -2.35. The molecule has 1 atom stereocenters. The van der Waals surface area contributed by atoms with Crippen molar-refractivity contribution in [2.75, 3.05) is 19.8 Å². The van der Waals surface area contributed by atoms with Crippen molar-refractivity contribution in [3.05, 3.63) is 0 Å². The summed E-state index contributed by atoms with van der Waals surface area (Å²) in [6.07, 6.45) is 0.106. The molecule has 0 saturated carbocycles. The Morgan fingerprint density at radius 1 is 1.57 bits per heavy atom. The normalized spacial score (nSPS) is 25.8. The smallest absolute Gasteiger partial charge is 0.308 e. The van der Waals surface area contributed by atoms with Gasteiger partial charge in [-0.2, -0.15) is 0 Å². The molecule has 0 bridgehead atoms. The quantitative estimate of drug-likeness (QED) is 0.644. The van der Waals surface area contributed by atoms with Gasteiger partial charge in [0.25, 0.3) is 0 Å². The van der Waals surface area contributed by atoms with Crippen molar-refractivity contribution in [3.8, 4) is 0 Å². The minimum atomic E-state index is -0.296. The highest BCUT2D eigenvalue weighted by atomic mass is 16.6. The van der Waals surface area contributed by atoms with Gasteiger partial charge in [0.15, 0.2) is 0 Å². The second kappa shape index (κ2) is 4.75. The van der Waals surface area contributed by atoms with Crippen molar-refractivity contribution in [1.82, 2.24) is 0 Å². The summed E-state index contributed by atoms with van der Waals surface area (Å²) in [6.45, 7) is 7.15. The van der Waals surface area contributed by atoms with E-state index in [1.807, 2.05) is 13.8 Å². The molecule has 0 N–H and O–H groups in total. The van der Waals surface area contributed by atoms with Gasteiger partial charge in [0, 0.05) is 0 Å². The average molecular weight is 202 g/mol. The van der Waals surface area contributed by atoms with Crippen LogP contribution in [0.2, 0.25) is 0 Å². The first kappa shape index (κ1) is 11.5. The van der Waals surface area contributed by atoms with Crippen LogP contribution in [0, 0.1) is 0 Å². The van der Waals surface area contributed by atoms with Gasteiger partial charge >= 0.3 is 5.97 Å². The number of rotatable bonds is 3. The molecule has 1 saturated heterocycles. The lowest BCUT2D eigenvalue weighted by Crippen LogP contribution is -2.44.